The first-order valence-corrected chi connectivity index (χ1v) is 9.80. The highest BCUT2D eigenvalue weighted by Crippen LogP contribution is 2.23. The van der Waals surface area contributed by atoms with Crippen LogP contribution in [0.5, 0.6) is 5.75 Å². The third-order valence-corrected chi connectivity index (χ3v) is 5.39. The van der Waals surface area contributed by atoms with Gasteiger partial charge in [-0.1, -0.05) is 48.5 Å². The van der Waals surface area contributed by atoms with Gasteiger partial charge < -0.3 is 15.4 Å². The van der Waals surface area contributed by atoms with Crippen molar-refractivity contribution in [1.29, 1.82) is 0 Å². The van der Waals surface area contributed by atoms with E-state index < -0.39 is 0 Å². The van der Waals surface area contributed by atoms with Crippen LogP contribution in [0.2, 0.25) is 0 Å². The zero-order chi connectivity index (χ0) is 18.5. The van der Waals surface area contributed by atoms with Crippen molar-refractivity contribution in [2.24, 2.45) is 0 Å². The summed E-state index contributed by atoms with van der Waals surface area (Å²) in [6.45, 7) is 3.54. The molecule has 2 aliphatic heterocycles. The maximum absolute atomic E-state index is 12.4. The number of hydrogen-bond acceptors (Lipinski definition) is 3. The van der Waals surface area contributed by atoms with Crippen molar-refractivity contribution in [2.45, 2.75) is 37.9 Å². The molecule has 0 unspecified atom stereocenters. The highest BCUT2D eigenvalue weighted by atomic mass is 16.5. The lowest BCUT2D eigenvalue weighted by atomic mass is 10.0. The Labute approximate surface area is 160 Å². The summed E-state index contributed by atoms with van der Waals surface area (Å²) in [5.41, 5.74) is 2.50. The van der Waals surface area contributed by atoms with Gasteiger partial charge in [0.25, 0.3) is 0 Å². The van der Waals surface area contributed by atoms with Crippen LogP contribution < -0.4 is 15.4 Å². The van der Waals surface area contributed by atoms with Gasteiger partial charge in [0.15, 0.2) is 0 Å². The van der Waals surface area contributed by atoms with Crippen LogP contribution in [0.25, 0.3) is 0 Å². The van der Waals surface area contributed by atoms with Gasteiger partial charge in [0.05, 0.1) is 6.04 Å². The number of likely N-dealkylation sites (tertiary alicyclic amines) is 1. The maximum Gasteiger partial charge on any atom is 0.315 e. The molecule has 5 nitrogen and oxygen atoms in total. The fraction of sp³-hybridized carbons (Fsp3) is 0.409. The van der Waals surface area contributed by atoms with Crippen LogP contribution in [0.4, 0.5) is 4.79 Å². The fourth-order valence-electron chi connectivity index (χ4n) is 3.91. The molecule has 2 aromatic rings. The number of piperidine rings is 1. The van der Waals surface area contributed by atoms with E-state index in [1.807, 2.05) is 24.3 Å². The van der Waals surface area contributed by atoms with Gasteiger partial charge in [0.1, 0.15) is 12.4 Å². The standard InChI is InChI=1S/C22H27N3O2/c26-22(24-20-14-18-8-4-5-9-21(18)27-16-20)23-19-10-12-25(13-11-19)15-17-6-2-1-3-7-17/h1-9,19-20H,10-16H2,(H2,23,24,26)/t20-/m0/s1. The van der Waals surface area contributed by atoms with Gasteiger partial charge in [-0.3, -0.25) is 4.90 Å². The van der Waals surface area contributed by atoms with E-state index in [-0.39, 0.29) is 18.1 Å². The molecule has 27 heavy (non-hydrogen) atoms. The van der Waals surface area contributed by atoms with Crippen molar-refractivity contribution >= 4 is 6.03 Å². The van der Waals surface area contributed by atoms with Crippen molar-refractivity contribution < 1.29 is 9.53 Å². The van der Waals surface area contributed by atoms with Crippen molar-refractivity contribution in [1.82, 2.24) is 15.5 Å². The van der Waals surface area contributed by atoms with Crippen molar-refractivity contribution in [3.63, 3.8) is 0 Å². The molecule has 0 radical (unpaired) electrons. The van der Waals surface area contributed by atoms with Crippen LogP contribution in [0.15, 0.2) is 54.6 Å². The highest BCUT2D eigenvalue weighted by Gasteiger charge is 2.24. The Balaban J connectivity index is 1.20. The number of hydrogen-bond donors (Lipinski definition) is 2. The molecule has 0 aromatic heterocycles. The van der Waals surface area contributed by atoms with Crippen LogP contribution in [-0.2, 0) is 13.0 Å². The molecule has 2 heterocycles. The first kappa shape index (κ1) is 17.9. The number of nitrogens with one attached hydrogen (secondary N) is 2. The second-order valence-electron chi connectivity index (χ2n) is 7.47. The molecule has 1 atom stereocenters. The lowest BCUT2D eigenvalue weighted by Gasteiger charge is -2.33. The molecule has 2 aliphatic rings. The van der Waals surface area contributed by atoms with E-state index in [9.17, 15) is 4.79 Å². The summed E-state index contributed by atoms with van der Waals surface area (Å²) >= 11 is 0. The molecule has 2 N–H and O–H groups in total. The number of amides is 2. The molecule has 1 fully saturated rings. The zero-order valence-corrected chi connectivity index (χ0v) is 15.6. The van der Waals surface area contributed by atoms with Crippen molar-refractivity contribution in [3.05, 3.63) is 65.7 Å². The lowest BCUT2D eigenvalue weighted by Crippen LogP contribution is -2.52. The van der Waals surface area contributed by atoms with Gasteiger partial charge in [0, 0.05) is 25.7 Å². The summed E-state index contributed by atoms with van der Waals surface area (Å²) < 4.78 is 5.75. The van der Waals surface area contributed by atoms with Crippen molar-refractivity contribution in [3.8, 4) is 5.75 Å². The molecule has 142 valence electrons. The number of carbonyl (C=O) groups is 1. The fourth-order valence-corrected chi connectivity index (χ4v) is 3.91. The second-order valence-corrected chi connectivity index (χ2v) is 7.47. The molecule has 0 bridgehead atoms. The summed E-state index contributed by atoms with van der Waals surface area (Å²) in [7, 11) is 0. The minimum absolute atomic E-state index is 0.0260. The number of ether oxygens (including phenoxy) is 1. The molecule has 4 rings (SSSR count). The molecule has 2 amide bonds. The maximum atomic E-state index is 12.4. The molecular weight excluding hydrogens is 338 g/mol. The summed E-state index contributed by atoms with van der Waals surface area (Å²) in [6.07, 6.45) is 2.80. The van der Waals surface area contributed by atoms with Gasteiger partial charge in [-0.15, -0.1) is 0 Å². The highest BCUT2D eigenvalue weighted by molar-refractivity contribution is 5.74. The van der Waals surface area contributed by atoms with Gasteiger partial charge in [-0.25, -0.2) is 4.79 Å². The number of urea groups is 1. The largest absolute Gasteiger partial charge is 0.491 e. The lowest BCUT2D eigenvalue weighted by molar-refractivity contribution is 0.181. The first-order chi connectivity index (χ1) is 13.3. The second kappa shape index (κ2) is 8.44. The van der Waals surface area contributed by atoms with E-state index in [1.165, 1.54) is 5.56 Å². The van der Waals surface area contributed by atoms with Gasteiger partial charge in [0.2, 0.25) is 0 Å². The third-order valence-electron chi connectivity index (χ3n) is 5.39. The summed E-state index contributed by atoms with van der Waals surface area (Å²) in [4.78, 5) is 14.8. The Morgan fingerprint density at radius 3 is 2.48 bits per heavy atom. The molecule has 2 aromatic carbocycles. The van der Waals surface area contributed by atoms with E-state index >= 15 is 0 Å². The minimum atomic E-state index is -0.0792. The van der Waals surface area contributed by atoms with E-state index in [1.54, 1.807) is 0 Å². The zero-order valence-electron chi connectivity index (χ0n) is 15.6. The minimum Gasteiger partial charge on any atom is -0.491 e. The average molecular weight is 365 g/mol. The normalized spacial score (nSPS) is 20.4. The average Bonchev–Trinajstić information content (AvgIpc) is 2.70. The Bertz CT molecular complexity index is 757. The number of rotatable bonds is 4. The molecule has 5 heteroatoms. The van der Waals surface area contributed by atoms with E-state index in [0.717, 1.165) is 50.2 Å². The molecule has 1 saturated heterocycles. The monoisotopic (exact) mass is 365 g/mol. The van der Waals surface area contributed by atoms with Crippen molar-refractivity contribution in [2.75, 3.05) is 19.7 Å². The number of benzene rings is 2. The Morgan fingerprint density at radius 1 is 0.963 bits per heavy atom. The number of fused-ring (bicyclic) bond motifs is 1. The smallest absolute Gasteiger partial charge is 0.315 e. The topological polar surface area (TPSA) is 53.6 Å². The van der Waals surface area contributed by atoms with Crippen LogP contribution in [0.1, 0.15) is 24.0 Å². The van der Waals surface area contributed by atoms with E-state index in [0.29, 0.717) is 6.61 Å². The van der Waals surface area contributed by atoms with Gasteiger partial charge in [-0.05, 0) is 36.5 Å². The number of carbonyl (C=O) groups excluding carboxylic acids is 1. The predicted octanol–water partition coefficient (Wildman–Crippen LogP) is 2.95. The SMILES string of the molecule is O=C(NC1CCN(Cc2ccccc2)CC1)N[C@@H]1COc2ccccc2C1. The summed E-state index contributed by atoms with van der Waals surface area (Å²) in [6, 6.07) is 18.8. The Kier molecular flexibility index (Phi) is 5.58. The van der Waals surface area contributed by atoms with Gasteiger partial charge >= 0.3 is 6.03 Å². The first-order valence-electron chi connectivity index (χ1n) is 9.80. The quantitative estimate of drug-likeness (QED) is 0.876. The number of para-hydroxylation sites is 1. The molecule has 0 aliphatic carbocycles. The van der Waals surface area contributed by atoms with Gasteiger partial charge in [-0.2, -0.15) is 0 Å². The van der Waals surface area contributed by atoms with Crippen LogP contribution in [0.3, 0.4) is 0 Å². The van der Waals surface area contributed by atoms with E-state index in [4.69, 9.17) is 4.74 Å². The van der Waals surface area contributed by atoms with Crippen LogP contribution in [0, 0.1) is 0 Å². The van der Waals surface area contributed by atoms with Crippen LogP contribution in [-0.4, -0.2) is 42.7 Å². The summed E-state index contributed by atoms with van der Waals surface area (Å²) in [5, 5.41) is 6.21. The Morgan fingerprint density at radius 2 is 1.67 bits per heavy atom. The number of nitrogens with zero attached hydrogens (tertiary/aromatic N) is 1. The Hall–Kier alpha value is -2.53. The third kappa shape index (κ3) is 4.80. The molecule has 0 saturated carbocycles. The van der Waals surface area contributed by atoms with E-state index in [2.05, 4.69) is 45.9 Å². The molecular formula is C22H27N3O2. The molecule has 0 spiro atoms. The predicted molar refractivity (Wildman–Crippen MR) is 106 cm³/mol. The summed E-state index contributed by atoms with van der Waals surface area (Å²) in [5.74, 6) is 0.932. The van der Waals surface area contributed by atoms with Crippen LogP contribution >= 0.6 is 0 Å².